The highest BCUT2D eigenvalue weighted by Gasteiger charge is 2.46. The fourth-order valence-corrected chi connectivity index (χ4v) is 2.34. The molecule has 1 aliphatic rings. The molecule has 1 amide bonds. The van der Waals surface area contributed by atoms with Gasteiger partial charge < -0.3 is 9.64 Å². The number of amides is 1. The third-order valence-corrected chi connectivity index (χ3v) is 3.95. The number of hydrogen-bond donors (Lipinski definition) is 0. The Balaban J connectivity index is 2.08. The molecule has 1 saturated heterocycles. The number of nitrogens with zero attached hydrogens (tertiary/aromatic N) is 1. The maximum Gasteiger partial charge on any atom is 0.236 e. The second kappa shape index (κ2) is 5.03. The zero-order valence-electron chi connectivity index (χ0n) is 11.6. The molecule has 1 heterocycles. The van der Waals surface area contributed by atoms with Gasteiger partial charge in [0.1, 0.15) is 16.9 Å². The molecule has 1 aromatic rings. The number of hydrogen-bond acceptors (Lipinski definition) is 3. The Morgan fingerprint density at radius 1 is 1.37 bits per heavy atom. The summed E-state index contributed by atoms with van der Waals surface area (Å²) in [6.07, 6.45) is 0.608. The fourth-order valence-electron chi connectivity index (χ4n) is 2.34. The lowest BCUT2D eigenvalue weighted by atomic mass is 9.85. The lowest BCUT2D eigenvalue weighted by Gasteiger charge is -2.21. The summed E-state index contributed by atoms with van der Waals surface area (Å²) in [7, 11) is 1.62. The number of carbonyl (C=O) groups is 2. The number of Topliss-reactive ketones (excluding diaryl/α,β-unsaturated/α-hetero) is 1. The lowest BCUT2D eigenvalue weighted by molar-refractivity contribution is -0.142. The molecule has 4 heteroatoms. The minimum Gasteiger partial charge on any atom is -0.497 e. The zero-order chi connectivity index (χ0) is 14.0. The van der Waals surface area contributed by atoms with Gasteiger partial charge in [0.2, 0.25) is 5.91 Å². The smallest absolute Gasteiger partial charge is 0.236 e. The van der Waals surface area contributed by atoms with Crippen LogP contribution in [0.15, 0.2) is 24.3 Å². The SMILES string of the molecule is COc1ccc(CN2CCC(C)(C(C)=O)C2=O)cc1. The molecular weight excluding hydrogens is 242 g/mol. The van der Waals surface area contributed by atoms with Crippen LogP contribution < -0.4 is 4.74 Å². The zero-order valence-corrected chi connectivity index (χ0v) is 11.6. The lowest BCUT2D eigenvalue weighted by Crippen LogP contribution is -2.36. The molecule has 0 N–H and O–H groups in total. The second-order valence-electron chi connectivity index (χ2n) is 5.21. The Labute approximate surface area is 113 Å². The summed E-state index contributed by atoms with van der Waals surface area (Å²) in [6.45, 7) is 4.42. The number of ketones is 1. The standard InChI is InChI=1S/C15H19NO3/c1-11(17)15(2)8-9-16(14(15)18)10-12-4-6-13(19-3)7-5-12/h4-7H,8-10H2,1-3H3. The first-order valence-electron chi connectivity index (χ1n) is 6.41. The fraction of sp³-hybridized carbons (Fsp3) is 0.467. The molecular formula is C15H19NO3. The van der Waals surface area contributed by atoms with Crippen molar-refractivity contribution in [1.82, 2.24) is 4.90 Å². The van der Waals surface area contributed by atoms with Crippen LogP contribution in [0.3, 0.4) is 0 Å². The van der Waals surface area contributed by atoms with Crippen molar-refractivity contribution < 1.29 is 14.3 Å². The third-order valence-electron chi connectivity index (χ3n) is 3.95. The monoisotopic (exact) mass is 261 g/mol. The van der Waals surface area contributed by atoms with Gasteiger partial charge in [0, 0.05) is 13.1 Å². The Morgan fingerprint density at radius 2 is 2.00 bits per heavy atom. The van der Waals surface area contributed by atoms with Gasteiger partial charge in [-0.15, -0.1) is 0 Å². The van der Waals surface area contributed by atoms with E-state index >= 15 is 0 Å². The number of ether oxygens (including phenoxy) is 1. The molecule has 0 radical (unpaired) electrons. The average molecular weight is 261 g/mol. The van der Waals surface area contributed by atoms with Gasteiger partial charge in [0.05, 0.1) is 7.11 Å². The summed E-state index contributed by atoms with van der Waals surface area (Å²) in [5, 5.41) is 0. The molecule has 1 atom stereocenters. The van der Waals surface area contributed by atoms with Gasteiger partial charge in [-0.1, -0.05) is 12.1 Å². The van der Waals surface area contributed by atoms with E-state index < -0.39 is 5.41 Å². The van der Waals surface area contributed by atoms with Crippen LogP contribution in [0.5, 0.6) is 5.75 Å². The topological polar surface area (TPSA) is 46.6 Å². The van der Waals surface area contributed by atoms with E-state index in [1.807, 2.05) is 24.3 Å². The van der Waals surface area contributed by atoms with Crippen LogP contribution in [-0.4, -0.2) is 30.2 Å². The summed E-state index contributed by atoms with van der Waals surface area (Å²) in [5.74, 6) is 0.690. The minimum atomic E-state index is -0.827. The summed E-state index contributed by atoms with van der Waals surface area (Å²) in [4.78, 5) is 25.6. The molecule has 0 aromatic heterocycles. The highest BCUT2D eigenvalue weighted by molar-refractivity contribution is 6.05. The van der Waals surface area contributed by atoms with Crippen LogP contribution >= 0.6 is 0 Å². The maximum absolute atomic E-state index is 12.3. The Kier molecular flexibility index (Phi) is 3.60. The maximum atomic E-state index is 12.3. The molecule has 1 fully saturated rings. The Bertz CT molecular complexity index is 495. The average Bonchev–Trinajstić information content (AvgIpc) is 2.69. The predicted octanol–water partition coefficient (Wildman–Crippen LogP) is 2.02. The number of likely N-dealkylation sites (tertiary alicyclic amines) is 1. The minimum absolute atomic E-state index is 0.0465. The number of benzene rings is 1. The van der Waals surface area contributed by atoms with Gasteiger partial charge in [-0.25, -0.2) is 0 Å². The number of carbonyl (C=O) groups excluding carboxylic acids is 2. The molecule has 0 saturated carbocycles. The first-order chi connectivity index (χ1) is 8.97. The normalized spacial score (nSPS) is 22.7. The number of methoxy groups -OCH3 is 1. The van der Waals surface area contributed by atoms with Crippen LogP contribution in [0.2, 0.25) is 0 Å². The summed E-state index contributed by atoms with van der Waals surface area (Å²) < 4.78 is 5.10. The second-order valence-corrected chi connectivity index (χ2v) is 5.21. The Morgan fingerprint density at radius 3 is 2.47 bits per heavy atom. The van der Waals surface area contributed by atoms with Gasteiger partial charge >= 0.3 is 0 Å². The Hall–Kier alpha value is -1.84. The van der Waals surface area contributed by atoms with Crippen molar-refractivity contribution in [3.8, 4) is 5.75 Å². The van der Waals surface area contributed by atoms with E-state index in [1.54, 1.807) is 18.9 Å². The van der Waals surface area contributed by atoms with Crippen molar-refractivity contribution in [3.05, 3.63) is 29.8 Å². The van der Waals surface area contributed by atoms with Gasteiger partial charge in [-0.3, -0.25) is 9.59 Å². The van der Waals surface area contributed by atoms with E-state index in [-0.39, 0.29) is 11.7 Å². The molecule has 1 unspecified atom stereocenters. The molecule has 4 nitrogen and oxygen atoms in total. The first-order valence-corrected chi connectivity index (χ1v) is 6.41. The van der Waals surface area contributed by atoms with Crippen molar-refractivity contribution in [2.45, 2.75) is 26.8 Å². The predicted molar refractivity (Wildman–Crippen MR) is 71.8 cm³/mol. The number of rotatable bonds is 4. The first kappa shape index (κ1) is 13.6. The molecule has 0 aliphatic carbocycles. The van der Waals surface area contributed by atoms with Crippen molar-refractivity contribution in [3.63, 3.8) is 0 Å². The molecule has 1 aliphatic heterocycles. The van der Waals surface area contributed by atoms with Gasteiger partial charge in [0.25, 0.3) is 0 Å². The van der Waals surface area contributed by atoms with Crippen molar-refractivity contribution >= 4 is 11.7 Å². The summed E-state index contributed by atoms with van der Waals surface area (Å²) in [6, 6.07) is 7.63. The van der Waals surface area contributed by atoms with Crippen LogP contribution in [0.4, 0.5) is 0 Å². The van der Waals surface area contributed by atoms with Crippen LogP contribution in [-0.2, 0) is 16.1 Å². The van der Waals surface area contributed by atoms with E-state index in [4.69, 9.17) is 4.74 Å². The molecule has 1 aromatic carbocycles. The highest BCUT2D eigenvalue weighted by atomic mass is 16.5. The summed E-state index contributed by atoms with van der Waals surface area (Å²) in [5.41, 5.74) is 0.217. The van der Waals surface area contributed by atoms with Crippen molar-refractivity contribution in [2.75, 3.05) is 13.7 Å². The van der Waals surface area contributed by atoms with Gasteiger partial charge in [0.15, 0.2) is 0 Å². The third kappa shape index (κ3) is 2.48. The van der Waals surface area contributed by atoms with E-state index in [1.165, 1.54) is 6.92 Å². The highest BCUT2D eigenvalue weighted by Crippen LogP contribution is 2.33. The molecule has 19 heavy (non-hydrogen) atoms. The molecule has 2 rings (SSSR count). The van der Waals surface area contributed by atoms with Crippen LogP contribution in [0, 0.1) is 5.41 Å². The van der Waals surface area contributed by atoms with E-state index in [9.17, 15) is 9.59 Å². The quantitative estimate of drug-likeness (QED) is 0.779. The largest absolute Gasteiger partial charge is 0.497 e. The van der Waals surface area contributed by atoms with Crippen molar-refractivity contribution in [1.29, 1.82) is 0 Å². The van der Waals surface area contributed by atoms with Crippen LogP contribution in [0.1, 0.15) is 25.8 Å². The van der Waals surface area contributed by atoms with Crippen LogP contribution in [0.25, 0.3) is 0 Å². The summed E-state index contributed by atoms with van der Waals surface area (Å²) >= 11 is 0. The van der Waals surface area contributed by atoms with Gasteiger partial charge in [-0.05, 0) is 38.0 Å². The van der Waals surface area contributed by atoms with Crippen molar-refractivity contribution in [2.24, 2.45) is 5.41 Å². The van der Waals surface area contributed by atoms with E-state index in [0.29, 0.717) is 19.5 Å². The van der Waals surface area contributed by atoms with Gasteiger partial charge in [-0.2, -0.15) is 0 Å². The molecule has 102 valence electrons. The van der Waals surface area contributed by atoms with E-state index in [2.05, 4.69) is 0 Å². The van der Waals surface area contributed by atoms with E-state index in [0.717, 1.165) is 11.3 Å². The molecule has 0 spiro atoms. The molecule has 0 bridgehead atoms.